The molecule has 8 nitrogen and oxygen atoms in total. The fourth-order valence-corrected chi connectivity index (χ4v) is 6.68. The highest BCUT2D eigenvalue weighted by atomic mass is 16.7. The number of nitrogens with zero attached hydrogens (tertiary/aromatic N) is 1. The average molecular weight is 403 g/mol. The summed E-state index contributed by atoms with van der Waals surface area (Å²) in [6, 6.07) is 3.78. The minimum absolute atomic E-state index is 0.0575. The van der Waals surface area contributed by atoms with Crippen molar-refractivity contribution >= 4 is 11.7 Å². The van der Waals surface area contributed by atoms with Gasteiger partial charge in [-0.05, 0) is 11.6 Å². The van der Waals surface area contributed by atoms with Crippen molar-refractivity contribution in [3.63, 3.8) is 0 Å². The van der Waals surface area contributed by atoms with Crippen LogP contribution in [-0.2, 0) is 29.2 Å². The first-order valence-corrected chi connectivity index (χ1v) is 9.68. The molecule has 1 unspecified atom stereocenters. The maximum atomic E-state index is 13.3. The fraction of sp³-hybridized carbons (Fsp3) is 0.619. The van der Waals surface area contributed by atoms with Crippen LogP contribution in [0.25, 0.3) is 0 Å². The number of amides is 1. The zero-order valence-corrected chi connectivity index (χ0v) is 17.2. The van der Waals surface area contributed by atoms with E-state index in [2.05, 4.69) is 0 Å². The van der Waals surface area contributed by atoms with Crippen LogP contribution in [0.1, 0.15) is 36.5 Å². The molecule has 2 heterocycles. The number of carbonyl (C=O) groups excluding carboxylic acids is 2. The molecule has 1 aromatic carbocycles. The van der Waals surface area contributed by atoms with Crippen LogP contribution in [0.5, 0.6) is 11.5 Å². The number of rotatable bonds is 4. The zero-order valence-electron chi connectivity index (χ0n) is 17.2. The van der Waals surface area contributed by atoms with E-state index >= 15 is 0 Å². The van der Waals surface area contributed by atoms with E-state index in [-0.39, 0.29) is 30.6 Å². The highest BCUT2D eigenvalue weighted by Gasteiger charge is 2.84. The Morgan fingerprint density at radius 1 is 1.10 bits per heavy atom. The second-order valence-electron chi connectivity index (χ2n) is 8.28. The normalized spacial score (nSPS) is 39.4. The van der Waals surface area contributed by atoms with Crippen LogP contribution in [0.3, 0.4) is 0 Å². The monoisotopic (exact) mass is 403 g/mol. The van der Waals surface area contributed by atoms with Crippen LogP contribution < -0.4 is 9.47 Å². The Bertz CT molecular complexity index is 932. The molecule has 1 spiro atoms. The maximum Gasteiger partial charge on any atom is 0.227 e. The molecule has 2 aliphatic carbocycles. The molecule has 8 heteroatoms. The van der Waals surface area contributed by atoms with Gasteiger partial charge >= 0.3 is 0 Å². The van der Waals surface area contributed by atoms with Crippen molar-refractivity contribution in [3.05, 3.63) is 23.3 Å². The number of likely N-dealkylation sites (N-methyl/N-ethyl adjacent to an activating group) is 1. The average Bonchev–Trinajstić information content (AvgIpc) is 3.17. The van der Waals surface area contributed by atoms with Gasteiger partial charge in [-0.25, -0.2) is 0 Å². The van der Waals surface area contributed by atoms with Gasteiger partial charge in [-0.3, -0.25) is 9.59 Å². The van der Waals surface area contributed by atoms with Gasteiger partial charge in [0.15, 0.2) is 23.4 Å². The first-order chi connectivity index (χ1) is 13.9. The molecule has 3 fully saturated rings. The molecule has 5 rings (SSSR count). The third kappa shape index (κ3) is 1.74. The predicted octanol–water partition coefficient (Wildman–Crippen LogP) is 1.35. The van der Waals surface area contributed by atoms with Crippen LogP contribution in [-0.4, -0.2) is 69.5 Å². The van der Waals surface area contributed by atoms with E-state index in [1.54, 1.807) is 26.2 Å². The summed E-state index contributed by atoms with van der Waals surface area (Å²) in [6.07, 6.45) is -0.461. The van der Waals surface area contributed by atoms with Crippen molar-refractivity contribution in [2.75, 3.05) is 35.5 Å². The number of hydrogen-bond acceptors (Lipinski definition) is 7. The van der Waals surface area contributed by atoms with Crippen molar-refractivity contribution < 1.29 is 33.3 Å². The molecule has 0 aromatic heterocycles. The van der Waals surface area contributed by atoms with Crippen molar-refractivity contribution in [1.82, 2.24) is 4.90 Å². The molecule has 1 aromatic rings. The van der Waals surface area contributed by atoms with Crippen LogP contribution >= 0.6 is 0 Å². The fourth-order valence-electron chi connectivity index (χ4n) is 6.68. The largest absolute Gasteiger partial charge is 0.493 e. The van der Waals surface area contributed by atoms with Crippen LogP contribution in [0.4, 0.5) is 0 Å². The number of likely N-dealkylation sites (tertiary alicyclic amines) is 1. The van der Waals surface area contributed by atoms with Gasteiger partial charge in [0.05, 0.1) is 20.3 Å². The maximum absolute atomic E-state index is 13.3. The zero-order chi connectivity index (χ0) is 20.8. The van der Waals surface area contributed by atoms with E-state index in [9.17, 15) is 9.59 Å². The van der Waals surface area contributed by atoms with Crippen LogP contribution in [0.2, 0.25) is 0 Å². The number of benzene rings is 1. The third-order valence-electron chi connectivity index (χ3n) is 7.62. The Labute approximate surface area is 169 Å². The van der Waals surface area contributed by atoms with Gasteiger partial charge in [-0.2, -0.15) is 0 Å². The Hall–Kier alpha value is -2.16. The first kappa shape index (κ1) is 18.8. The minimum Gasteiger partial charge on any atom is -0.493 e. The van der Waals surface area contributed by atoms with Gasteiger partial charge in [0, 0.05) is 51.5 Å². The lowest BCUT2D eigenvalue weighted by Crippen LogP contribution is -2.77. The minimum atomic E-state index is -1.40. The molecule has 0 N–H and O–H groups in total. The Balaban J connectivity index is 1.92. The van der Waals surface area contributed by atoms with E-state index in [1.165, 1.54) is 14.2 Å². The van der Waals surface area contributed by atoms with E-state index in [0.29, 0.717) is 17.9 Å². The molecule has 5 atom stereocenters. The number of ketones is 1. The molecule has 1 saturated carbocycles. The molecule has 2 saturated heterocycles. The summed E-state index contributed by atoms with van der Waals surface area (Å²) in [7, 11) is 7.91. The standard InChI is InChI=1S/C21H25NO7/c1-22-15(24)10-19-8-12(23)18(27-4)21(28-5)20(19,22)9-14(29-21)11-6-7-13(25-2)17(26-3)16(11)19/h6-7,14,18H,8-10H2,1-5H3/t14-,18-,19+,20-,21?/m0/s1. The first-order valence-electron chi connectivity index (χ1n) is 9.68. The van der Waals surface area contributed by atoms with Crippen molar-refractivity contribution in [3.8, 4) is 11.5 Å². The number of Topliss-reactive ketones (excluding diaryl/α,β-unsaturated/α-hetero) is 1. The molecule has 2 bridgehead atoms. The number of methoxy groups -OCH3 is 4. The molecular weight excluding hydrogens is 378 g/mol. The summed E-state index contributed by atoms with van der Waals surface area (Å²) in [5.74, 6) is -0.505. The van der Waals surface area contributed by atoms with Crippen molar-refractivity contribution in [1.29, 1.82) is 0 Å². The third-order valence-corrected chi connectivity index (χ3v) is 7.62. The molecule has 1 amide bonds. The van der Waals surface area contributed by atoms with E-state index in [4.69, 9.17) is 23.7 Å². The van der Waals surface area contributed by atoms with Gasteiger partial charge in [-0.15, -0.1) is 0 Å². The highest BCUT2D eigenvalue weighted by Crippen LogP contribution is 2.72. The summed E-state index contributed by atoms with van der Waals surface area (Å²) in [5, 5.41) is 0. The highest BCUT2D eigenvalue weighted by molar-refractivity contribution is 5.95. The van der Waals surface area contributed by atoms with Crippen molar-refractivity contribution in [2.45, 2.75) is 48.2 Å². The number of fused-ring (bicyclic) bond motifs is 3. The summed E-state index contributed by atoms with van der Waals surface area (Å²) >= 11 is 0. The van der Waals surface area contributed by atoms with Crippen LogP contribution in [0.15, 0.2) is 12.1 Å². The lowest BCUT2D eigenvalue weighted by atomic mass is 9.50. The summed E-state index contributed by atoms with van der Waals surface area (Å²) in [4.78, 5) is 28.2. The number of ether oxygens (including phenoxy) is 5. The van der Waals surface area contributed by atoms with E-state index in [1.807, 2.05) is 12.1 Å². The van der Waals surface area contributed by atoms with Crippen LogP contribution in [0, 0.1) is 0 Å². The SMILES string of the molecule is COc1ccc2c(c1OC)[C@]13CC(=O)[C@H](OC)C4(OC)O[C@H]2C[C@@]41N(C)C(=O)C3. The quantitative estimate of drug-likeness (QED) is 0.750. The van der Waals surface area contributed by atoms with Gasteiger partial charge in [0.1, 0.15) is 5.54 Å². The molecule has 29 heavy (non-hydrogen) atoms. The molecular formula is C21H25NO7. The second kappa shape index (κ2) is 5.71. The Morgan fingerprint density at radius 3 is 2.48 bits per heavy atom. The topological polar surface area (TPSA) is 83.5 Å². The van der Waals surface area contributed by atoms with Crippen molar-refractivity contribution in [2.24, 2.45) is 0 Å². The van der Waals surface area contributed by atoms with Gasteiger partial charge in [-0.1, -0.05) is 6.07 Å². The Kier molecular flexibility index (Phi) is 3.71. The van der Waals surface area contributed by atoms with E-state index < -0.39 is 22.8 Å². The molecule has 156 valence electrons. The summed E-state index contributed by atoms with van der Waals surface area (Å²) in [6.45, 7) is 0. The lowest BCUT2D eigenvalue weighted by molar-refractivity contribution is -0.308. The van der Waals surface area contributed by atoms with Gasteiger partial charge in [0.25, 0.3) is 0 Å². The molecule has 0 radical (unpaired) electrons. The molecule has 2 aliphatic heterocycles. The predicted molar refractivity (Wildman–Crippen MR) is 99.9 cm³/mol. The van der Waals surface area contributed by atoms with Gasteiger partial charge in [0.2, 0.25) is 11.7 Å². The van der Waals surface area contributed by atoms with Gasteiger partial charge < -0.3 is 28.6 Å². The number of carbonyl (C=O) groups is 2. The Morgan fingerprint density at radius 2 is 1.86 bits per heavy atom. The second-order valence-corrected chi connectivity index (χ2v) is 8.28. The lowest BCUT2D eigenvalue weighted by Gasteiger charge is -2.58. The number of hydrogen-bond donors (Lipinski definition) is 0. The summed E-state index contributed by atoms with van der Waals surface area (Å²) in [5.41, 5.74) is -0.0269. The summed E-state index contributed by atoms with van der Waals surface area (Å²) < 4.78 is 29.5. The smallest absolute Gasteiger partial charge is 0.227 e. The van der Waals surface area contributed by atoms with E-state index in [0.717, 1.165) is 11.1 Å². The molecule has 4 aliphatic rings.